The average Bonchev–Trinajstić information content (AvgIpc) is 2.67. The lowest BCUT2D eigenvalue weighted by molar-refractivity contribution is -0.384. The first-order valence-electron chi connectivity index (χ1n) is 8.08. The van der Waals surface area contributed by atoms with Crippen LogP contribution in [0.2, 0.25) is 0 Å². The van der Waals surface area contributed by atoms with Crippen LogP contribution in [0.15, 0.2) is 53.4 Å². The number of carbonyl (C=O) groups excluding carboxylic acids is 2. The number of nitro groups is 1. The number of hydrogen-bond donors (Lipinski definition) is 3. The van der Waals surface area contributed by atoms with Gasteiger partial charge in [-0.05, 0) is 43.3 Å². The van der Waals surface area contributed by atoms with Gasteiger partial charge in [-0.3, -0.25) is 19.7 Å². The quantitative estimate of drug-likeness (QED) is 0.242. The summed E-state index contributed by atoms with van der Waals surface area (Å²) in [6, 6.07) is 12.2. The van der Waals surface area contributed by atoms with Crippen molar-refractivity contribution in [2.24, 2.45) is 0 Å². The predicted octanol–water partition coefficient (Wildman–Crippen LogP) is 3.37. The van der Waals surface area contributed by atoms with Crippen LogP contribution in [-0.2, 0) is 9.59 Å². The second-order valence-electron chi connectivity index (χ2n) is 6.03. The van der Waals surface area contributed by atoms with E-state index in [0.717, 1.165) is 4.90 Å². The fraction of sp³-hybridized carbons (Fsp3) is 0.222. The minimum absolute atomic E-state index is 0. The SMILES string of the molecule is C[C@@](O)(CSc1ccc(NC(=O)CCl)cc1)C(=O)Nc1ccc([N+](=O)[O-])cc1.S. The fourth-order valence-electron chi connectivity index (χ4n) is 2.05. The van der Waals surface area contributed by atoms with E-state index in [1.807, 2.05) is 0 Å². The first kappa shape index (κ1) is 24.8. The molecule has 0 aliphatic rings. The predicted molar refractivity (Wildman–Crippen MR) is 119 cm³/mol. The molecule has 0 aliphatic heterocycles. The Hall–Kier alpha value is -2.27. The fourth-order valence-corrected chi connectivity index (χ4v) is 3.02. The van der Waals surface area contributed by atoms with Gasteiger partial charge in [0, 0.05) is 34.2 Å². The average molecular weight is 458 g/mol. The van der Waals surface area contributed by atoms with Crippen molar-refractivity contribution in [1.29, 1.82) is 0 Å². The third-order valence-corrected chi connectivity index (χ3v) is 5.16. The number of anilines is 2. The monoisotopic (exact) mass is 457 g/mol. The van der Waals surface area contributed by atoms with E-state index >= 15 is 0 Å². The number of nitrogens with one attached hydrogen (secondary N) is 2. The van der Waals surface area contributed by atoms with Crippen molar-refractivity contribution in [3.8, 4) is 0 Å². The number of halogens is 1. The molecule has 0 bridgehead atoms. The zero-order chi connectivity index (χ0) is 20.7. The van der Waals surface area contributed by atoms with Crippen LogP contribution >= 0.6 is 36.9 Å². The Morgan fingerprint density at radius 2 is 1.62 bits per heavy atom. The van der Waals surface area contributed by atoms with Gasteiger partial charge >= 0.3 is 0 Å². The molecular weight excluding hydrogens is 438 g/mol. The Kier molecular flexibility index (Phi) is 9.44. The van der Waals surface area contributed by atoms with Crippen molar-refractivity contribution >= 4 is 65.7 Å². The molecule has 1 atom stereocenters. The summed E-state index contributed by atoms with van der Waals surface area (Å²) >= 11 is 6.70. The van der Waals surface area contributed by atoms with Crippen molar-refractivity contribution in [2.45, 2.75) is 17.4 Å². The van der Waals surface area contributed by atoms with Gasteiger partial charge in [-0.25, -0.2) is 0 Å². The van der Waals surface area contributed by atoms with Crippen molar-refractivity contribution in [1.82, 2.24) is 0 Å². The van der Waals surface area contributed by atoms with Gasteiger partial charge in [-0.15, -0.1) is 23.4 Å². The molecule has 0 radical (unpaired) electrons. The standard InChI is InChI=1S/C18H18ClN3O5S.H2S/c1-18(25,17(24)21-13-2-6-14(7-3-13)22(26)27)11-28-15-8-4-12(5-9-15)20-16(23)10-19;/h2-9,25H,10-11H2,1H3,(H,20,23)(H,21,24);1H2/t18-;/m1./s1. The summed E-state index contributed by atoms with van der Waals surface area (Å²) in [5.41, 5.74) is -0.818. The molecule has 0 spiro atoms. The summed E-state index contributed by atoms with van der Waals surface area (Å²) in [6.07, 6.45) is 0. The summed E-state index contributed by atoms with van der Waals surface area (Å²) in [4.78, 5) is 34.5. The van der Waals surface area contributed by atoms with Gasteiger partial charge < -0.3 is 15.7 Å². The maximum atomic E-state index is 12.3. The molecule has 8 nitrogen and oxygen atoms in total. The van der Waals surface area contributed by atoms with Crippen LogP contribution in [0.4, 0.5) is 17.1 Å². The van der Waals surface area contributed by atoms with E-state index in [9.17, 15) is 24.8 Å². The molecule has 0 saturated carbocycles. The highest BCUT2D eigenvalue weighted by Crippen LogP contribution is 2.25. The molecule has 0 fully saturated rings. The molecule has 0 saturated heterocycles. The second kappa shape index (κ2) is 11.1. The zero-order valence-corrected chi connectivity index (χ0v) is 17.9. The highest BCUT2D eigenvalue weighted by Gasteiger charge is 2.30. The van der Waals surface area contributed by atoms with Crippen molar-refractivity contribution < 1.29 is 19.6 Å². The molecule has 2 amide bonds. The molecule has 0 unspecified atom stereocenters. The summed E-state index contributed by atoms with van der Waals surface area (Å²) in [7, 11) is 0. The van der Waals surface area contributed by atoms with Gasteiger partial charge in [0.2, 0.25) is 5.91 Å². The highest BCUT2D eigenvalue weighted by atomic mass is 35.5. The molecule has 0 heterocycles. The van der Waals surface area contributed by atoms with E-state index in [0.29, 0.717) is 11.4 Å². The summed E-state index contributed by atoms with van der Waals surface area (Å²) in [5.74, 6) is -0.990. The number of hydrogen-bond acceptors (Lipinski definition) is 6. The third kappa shape index (κ3) is 7.58. The Morgan fingerprint density at radius 1 is 1.10 bits per heavy atom. The topological polar surface area (TPSA) is 122 Å². The molecule has 156 valence electrons. The number of rotatable bonds is 8. The van der Waals surface area contributed by atoms with Gasteiger partial charge in [-0.2, -0.15) is 13.5 Å². The molecule has 29 heavy (non-hydrogen) atoms. The molecule has 2 aromatic rings. The van der Waals surface area contributed by atoms with Crippen LogP contribution in [0, 0.1) is 10.1 Å². The lowest BCUT2D eigenvalue weighted by Gasteiger charge is -2.22. The first-order chi connectivity index (χ1) is 13.2. The highest BCUT2D eigenvalue weighted by molar-refractivity contribution is 7.99. The Labute approximate surface area is 183 Å². The second-order valence-corrected chi connectivity index (χ2v) is 7.34. The summed E-state index contributed by atoms with van der Waals surface area (Å²) in [5, 5.41) is 26.2. The number of nitro benzene ring substituents is 1. The Balaban J connectivity index is 0.00000420. The van der Waals surface area contributed by atoms with Gasteiger partial charge in [0.15, 0.2) is 0 Å². The number of amides is 2. The number of aliphatic hydroxyl groups is 1. The van der Waals surface area contributed by atoms with Gasteiger partial charge in [0.05, 0.1) is 4.92 Å². The van der Waals surface area contributed by atoms with E-state index in [4.69, 9.17) is 11.6 Å². The van der Waals surface area contributed by atoms with Crippen molar-refractivity contribution in [2.75, 3.05) is 22.3 Å². The van der Waals surface area contributed by atoms with Crippen LogP contribution < -0.4 is 10.6 Å². The van der Waals surface area contributed by atoms with Gasteiger partial charge in [-0.1, -0.05) is 0 Å². The number of nitrogens with zero attached hydrogens (tertiary/aromatic N) is 1. The number of thioether (sulfide) groups is 1. The third-order valence-electron chi connectivity index (χ3n) is 3.60. The van der Waals surface area contributed by atoms with Crippen LogP contribution in [-0.4, -0.2) is 39.1 Å². The molecular formula is C18H20ClN3O5S2. The van der Waals surface area contributed by atoms with Gasteiger partial charge in [0.25, 0.3) is 11.6 Å². The Bertz CT molecular complexity index is 861. The molecule has 0 aromatic heterocycles. The van der Waals surface area contributed by atoms with Gasteiger partial charge in [0.1, 0.15) is 11.5 Å². The minimum atomic E-state index is -1.67. The van der Waals surface area contributed by atoms with E-state index in [-0.39, 0.29) is 36.7 Å². The first-order valence-corrected chi connectivity index (χ1v) is 9.60. The maximum Gasteiger partial charge on any atom is 0.269 e. The summed E-state index contributed by atoms with van der Waals surface area (Å²) in [6.45, 7) is 1.38. The van der Waals surface area contributed by atoms with E-state index in [2.05, 4.69) is 10.6 Å². The normalized spacial score (nSPS) is 12.2. The molecule has 3 N–H and O–H groups in total. The van der Waals surface area contributed by atoms with Crippen LogP contribution in [0.25, 0.3) is 0 Å². The van der Waals surface area contributed by atoms with Crippen molar-refractivity contribution in [3.63, 3.8) is 0 Å². The smallest absolute Gasteiger partial charge is 0.269 e. The van der Waals surface area contributed by atoms with E-state index in [1.165, 1.54) is 43.0 Å². The molecule has 11 heteroatoms. The number of carbonyl (C=O) groups is 2. The largest absolute Gasteiger partial charge is 0.379 e. The maximum absolute atomic E-state index is 12.3. The van der Waals surface area contributed by atoms with Crippen molar-refractivity contribution in [3.05, 3.63) is 58.6 Å². The number of non-ortho nitro benzene ring substituents is 1. The minimum Gasteiger partial charge on any atom is -0.379 e. The van der Waals surface area contributed by atoms with Crippen LogP contribution in [0.3, 0.4) is 0 Å². The lowest BCUT2D eigenvalue weighted by atomic mass is 10.1. The number of alkyl halides is 1. The van der Waals surface area contributed by atoms with E-state index < -0.39 is 16.4 Å². The number of benzene rings is 2. The molecule has 2 aromatic carbocycles. The van der Waals surface area contributed by atoms with E-state index in [1.54, 1.807) is 24.3 Å². The van der Waals surface area contributed by atoms with Crippen LogP contribution in [0.1, 0.15) is 6.92 Å². The zero-order valence-electron chi connectivity index (χ0n) is 15.3. The summed E-state index contributed by atoms with van der Waals surface area (Å²) < 4.78 is 0. The van der Waals surface area contributed by atoms with Crippen LogP contribution in [0.5, 0.6) is 0 Å². The Morgan fingerprint density at radius 3 is 2.14 bits per heavy atom. The lowest BCUT2D eigenvalue weighted by Crippen LogP contribution is -2.42. The molecule has 0 aliphatic carbocycles. The molecule has 2 rings (SSSR count).